The van der Waals surface area contributed by atoms with Gasteiger partial charge in [0.15, 0.2) is 0 Å². The van der Waals surface area contributed by atoms with Crippen molar-refractivity contribution in [3.8, 4) is 0 Å². The number of rotatable bonds is 29. The van der Waals surface area contributed by atoms with Crippen LogP contribution in [-0.4, -0.2) is 40.3 Å². The van der Waals surface area contributed by atoms with E-state index in [2.05, 4.69) is 13.8 Å². The van der Waals surface area contributed by atoms with Gasteiger partial charge in [-0.15, -0.1) is 0 Å². The molecule has 0 radical (unpaired) electrons. The van der Waals surface area contributed by atoms with Gasteiger partial charge in [0, 0.05) is 5.25 Å². The van der Waals surface area contributed by atoms with Crippen molar-refractivity contribution in [2.75, 3.05) is 12.4 Å². The number of thioether (sulfide) groups is 1. The Morgan fingerprint density at radius 1 is 0.784 bits per heavy atom. The molecule has 0 amide bonds. The molecule has 0 spiro atoms. The minimum atomic E-state index is -2.31. The van der Waals surface area contributed by atoms with Crippen LogP contribution in [0.25, 0.3) is 0 Å². The highest BCUT2D eigenvalue weighted by Gasteiger charge is 2.45. The largest absolute Gasteiger partial charge is 0.477 e. The summed E-state index contributed by atoms with van der Waals surface area (Å²) in [5.74, 6) is -0.395. The van der Waals surface area contributed by atoms with Gasteiger partial charge in [0.05, 0.1) is 6.61 Å². The van der Waals surface area contributed by atoms with Gasteiger partial charge in [-0.05, 0) is 31.9 Å². The SMILES string of the molecule is CCCCCCCCCCCCSC(CCCCCCCCC)C(C)OOC(OCCC)(P=O)C(=O)O. The number of hydrogen-bond acceptors (Lipinski definition) is 6. The van der Waals surface area contributed by atoms with E-state index < -0.39 is 20.0 Å². The van der Waals surface area contributed by atoms with Crippen LogP contribution in [0, 0.1) is 0 Å². The molecule has 0 saturated carbocycles. The third-order valence-corrected chi connectivity index (χ3v) is 8.86. The maximum absolute atomic E-state index is 11.7. The molecule has 0 aliphatic heterocycles. The Hall–Kier alpha value is -0.200. The molecule has 0 fully saturated rings. The standard InChI is InChI=1S/C29H57O6PS/c1-5-8-10-12-14-15-16-18-20-22-25-37-27(23-21-19-17-13-11-9-6-2)26(4)34-35-29(36-32,28(30)31)33-24-7-3/h26-27H,5-25H2,1-4H3,(H,30,31). The second kappa shape index (κ2) is 26.0. The van der Waals surface area contributed by atoms with E-state index in [1.165, 1.54) is 103 Å². The van der Waals surface area contributed by atoms with Gasteiger partial charge in [-0.25, -0.2) is 9.68 Å². The van der Waals surface area contributed by atoms with Gasteiger partial charge < -0.3 is 9.84 Å². The fourth-order valence-corrected chi connectivity index (χ4v) is 5.84. The lowest BCUT2D eigenvalue weighted by Gasteiger charge is -2.27. The quantitative estimate of drug-likeness (QED) is 0.0318. The zero-order chi connectivity index (χ0) is 27.6. The number of aliphatic carboxylic acids is 1. The molecule has 0 heterocycles. The topological polar surface area (TPSA) is 82.1 Å². The molecule has 0 aromatic rings. The lowest BCUT2D eigenvalue weighted by molar-refractivity contribution is -0.402. The van der Waals surface area contributed by atoms with Crippen molar-refractivity contribution < 1.29 is 29.0 Å². The maximum Gasteiger partial charge on any atom is 0.380 e. The third-order valence-electron chi connectivity index (χ3n) is 6.65. The molecule has 0 bridgehead atoms. The van der Waals surface area contributed by atoms with Gasteiger partial charge in [-0.1, -0.05) is 124 Å². The lowest BCUT2D eigenvalue weighted by atomic mass is 10.1. The molecule has 3 atom stereocenters. The van der Waals surface area contributed by atoms with Gasteiger partial charge in [0.1, 0.15) is 6.10 Å². The number of carboxylic acid groups (broad SMARTS) is 1. The van der Waals surface area contributed by atoms with Gasteiger partial charge in [-0.2, -0.15) is 16.6 Å². The molecule has 0 aromatic heterocycles. The second-order valence-corrected chi connectivity index (χ2v) is 12.3. The Bertz CT molecular complexity index is 539. The van der Waals surface area contributed by atoms with E-state index in [9.17, 15) is 14.5 Å². The van der Waals surface area contributed by atoms with Gasteiger partial charge in [0.2, 0.25) is 8.46 Å². The molecular weight excluding hydrogens is 507 g/mol. The summed E-state index contributed by atoms with van der Waals surface area (Å²) in [7, 11) is -0.781. The minimum absolute atomic E-state index is 0.119. The zero-order valence-electron chi connectivity index (χ0n) is 24.3. The molecule has 0 aliphatic carbocycles. The van der Waals surface area contributed by atoms with Crippen molar-refractivity contribution in [3.05, 3.63) is 0 Å². The fraction of sp³-hybridized carbons (Fsp3) is 0.966. The van der Waals surface area contributed by atoms with Crippen LogP contribution < -0.4 is 0 Å². The van der Waals surface area contributed by atoms with E-state index in [0.29, 0.717) is 6.42 Å². The van der Waals surface area contributed by atoms with Crippen molar-refractivity contribution in [2.45, 2.75) is 167 Å². The normalized spacial score (nSPS) is 15.0. The van der Waals surface area contributed by atoms with Crippen LogP contribution in [-0.2, 0) is 23.9 Å². The summed E-state index contributed by atoms with van der Waals surface area (Å²) < 4.78 is 16.9. The Labute approximate surface area is 233 Å². The number of ether oxygens (including phenoxy) is 1. The molecule has 220 valence electrons. The molecule has 0 aliphatic rings. The van der Waals surface area contributed by atoms with E-state index in [1.54, 1.807) is 0 Å². The Kier molecular flexibility index (Phi) is 25.9. The fourth-order valence-electron chi connectivity index (χ4n) is 4.23. The number of carboxylic acids is 1. The molecule has 3 unspecified atom stereocenters. The summed E-state index contributed by atoms with van der Waals surface area (Å²) in [6, 6.07) is 0. The average Bonchev–Trinajstić information content (AvgIpc) is 2.90. The third kappa shape index (κ3) is 19.5. The highest BCUT2D eigenvalue weighted by Crippen LogP contribution is 2.31. The molecule has 6 nitrogen and oxygen atoms in total. The number of carbonyl (C=O) groups is 1. The number of unbranched alkanes of at least 4 members (excludes halogenated alkanes) is 15. The van der Waals surface area contributed by atoms with E-state index in [-0.39, 0.29) is 18.0 Å². The number of hydrogen-bond donors (Lipinski definition) is 1. The van der Waals surface area contributed by atoms with E-state index in [1.807, 2.05) is 25.6 Å². The van der Waals surface area contributed by atoms with Gasteiger partial charge in [0.25, 0.3) is 0 Å². The van der Waals surface area contributed by atoms with Crippen molar-refractivity contribution >= 4 is 26.2 Å². The summed E-state index contributed by atoms with van der Waals surface area (Å²) in [5, 5.41) is 9.73. The highest BCUT2D eigenvalue weighted by molar-refractivity contribution is 7.99. The molecule has 37 heavy (non-hydrogen) atoms. The summed E-state index contributed by atoms with van der Waals surface area (Å²) in [6.07, 6.45) is 23.2. The first kappa shape index (κ1) is 36.8. The first-order valence-electron chi connectivity index (χ1n) is 15.1. The van der Waals surface area contributed by atoms with Gasteiger partial charge >= 0.3 is 11.5 Å². The molecule has 8 heteroatoms. The summed E-state index contributed by atoms with van der Waals surface area (Å²) >= 11 is 1.89. The highest BCUT2D eigenvalue weighted by atomic mass is 32.2. The Morgan fingerprint density at radius 3 is 1.73 bits per heavy atom. The molecular formula is C29H57O6PS. The summed E-state index contributed by atoms with van der Waals surface area (Å²) in [4.78, 5) is 22.5. The smallest absolute Gasteiger partial charge is 0.380 e. The van der Waals surface area contributed by atoms with Crippen LogP contribution in [0.5, 0.6) is 0 Å². The van der Waals surface area contributed by atoms with E-state index in [4.69, 9.17) is 14.5 Å². The second-order valence-electron chi connectivity index (χ2n) is 10.2. The molecule has 0 saturated heterocycles. The van der Waals surface area contributed by atoms with Crippen LogP contribution in [0.3, 0.4) is 0 Å². The predicted octanol–water partition coefficient (Wildman–Crippen LogP) is 9.94. The summed E-state index contributed by atoms with van der Waals surface area (Å²) in [5.41, 5.74) is -2.31. The molecule has 0 rings (SSSR count). The van der Waals surface area contributed by atoms with Crippen LogP contribution >= 0.6 is 20.2 Å². The Balaban J connectivity index is 4.56. The van der Waals surface area contributed by atoms with Crippen molar-refractivity contribution in [1.29, 1.82) is 0 Å². The van der Waals surface area contributed by atoms with Crippen LogP contribution in [0.4, 0.5) is 0 Å². The van der Waals surface area contributed by atoms with Crippen LogP contribution in [0.2, 0.25) is 0 Å². The van der Waals surface area contributed by atoms with Crippen LogP contribution in [0.15, 0.2) is 0 Å². The minimum Gasteiger partial charge on any atom is -0.477 e. The molecule has 1 N–H and O–H groups in total. The maximum atomic E-state index is 11.7. The van der Waals surface area contributed by atoms with Crippen molar-refractivity contribution in [3.63, 3.8) is 0 Å². The monoisotopic (exact) mass is 564 g/mol. The van der Waals surface area contributed by atoms with Gasteiger partial charge in [-0.3, -0.25) is 4.57 Å². The molecule has 0 aromatic carbocycles. The van der Waals surface area contributed by atoms with Crippen molar-refractivity contribution in [1.82, 2.24) is 0 Å². The van der Waals surface area contributed by atoms with Crippen LogP contribution in [0.1, 0.15) is 150 Å². The lowest BCUT2D eigenvalue weighted by Crippen LogP contribution is -2.41. The first-order valence-corrected chi connectivity index (χ1v) is 17.0. The first-order chi connectivity index (χ1) is 18.0. The van der Waals surface area contributed by atoms with Crippen molar-refractivity contribution in [2.24, 2.45) is 0 Å². The summed E-state index contributed by atoms with van der Waals surface area (Å²) in [6.45, 7) is 8.37. The van der Waals surface area contributed by atoms with E-state index >= 15 is 0 Å². The Morgan fingerprint density at radius 2 is 1.27 bits per heavy atom. The van der Waals surface area contributed by atoms with E-state index in [0.717, 1.165) is 18.6 Å². The zero-order valence-corrected chi connectivity index (χ0v) is 26.1. The average molecular weight is 565 g/mol. The predicted molar refractivity (Wildman–Crippen MR) is 157 cm³/mol.